The molecule has 1 saturated carbocycles. The second-order valence-electron chi connectivity index (χ2n) is 6.10. The van der Waals surface area contributed by atoms with Crippen LogP contribution in [0.3, 0.4) is 0 Å². The monoisotopic (exact) mass is 288 g/mol. The van der Waals surface area contributed by atoms with Crippen LogP contribution in [0.15, 0.2) is 12.3 Å². The lowest BCUT2D eigenvalue weighted by molar-refractivity contribution is -0.127. The van der Waals surface area contributed by atoms with Gasteiger partial charge in [-0.1, -0.05) is 19.3 Å². The third-order valence-electron chi connectivity index (χ3n) is 4.72. The summed E-state index contributed by atoms with van der Waals surface area (Å²) in [5.41, 5.74) is 5.12. The SMILES string of the molecule is Cc1nccc(N2C(=O)C3(CCCCC3)CC2C(N)=O)n1. The fraction of sp³-hybridized carbons (Fsp3) is 0.600. The zero-order valence-electron chi connectivity index (χ0n) is 12.2. The van der Waals surface area contributed by atoms with Crippen molar-refractivity contribution in [3.05, 3.63) is 18.1 Å². The number of carbonyl (C=O) groups is 2. The Morgan fingerprint density at radius 2 is 2.10 bits per heavy atom. The van der Waals surface area contributed by atoms with Crippen molar-refractivity contribution < 1.29 is 9.59 Å². The summed E-state index contributed by atoms with van der Waals surface area (Å²) < 4.78 is 0. The Kier molecular flexibility index (Phi) is 3.39. The summed E-state index contributed by atoms with van der Waals surface area (Å²) in [5.74, 6) is 0.609. The zero-order chi connectivity index (χ0) is 15.0. The quantitative estimate of drug-likeness (QED) is 0.889. The molecule has 2 aliphatic rings. The number of nitrogens with two attached hydrogens (primary N) is 1. The summed E-state index contributed by atoms with van der Waals surface area (Å²) in [7, 11) is 0. The van der Waals surface area contributed by atoms with Crippen LogP contribution < -0.4 is 10.6 Å². The number of aryl methyl sites for hydroxylation is 1. The highest BCUT2D eigenvalue weighted by atomic mass is 16.2. The van der Waals surface area contributed by atoms with Crippen molar-refractivity contribution in [3.8, 4) is 0 Å². The van der Waals surface area contributed by atoms with Crippen LogP contribution in [-0.2, 0) is 9.59 Å². The van der Waals surface area contributed by atoms with Crippen LogP contribution in [0.25, 0.3) is 0 Å². The number of nitrogens with zero attached hydrogens (tertiary/aromatic N) is 3. The molecule has 1 aliphatic carbocycles. The molecule has 21 heavy (non-hydrogen) atoms. The van der Waals surface area contributed by atoms with Gasteiger partial charge in [-0.05, 0) is 32.3 Å². The van der Waals surface area contributed by atoms with E-state index in [4.69, 9.17) is 5.73 Å². The molecule has 1 aliphatic heterocycles. The van der Waals surface area contributed by atoms with Gasteiger partial charge >= 0.3 is 0 Å². The average Bonchev–Trinajstić information content (AvgIpc) is 2.74. The van der Waals surface area contributed by atoms with Gasteiger partial charge in [-0.2, -0.15) is 0 Å². The Morgan fingerprint density at radius 1 is 1.38 bits per heavy atom. The smallest absolute Gasteiger partial charge is 0.240 e. The number of anilines is 1. The Labute approximate surface area is 123 Å². The Hall–Kier alpha value is -1.98. The molecule has 0 aromatic carbocycles. The van der Waals surface area contributed by atoms with Crippen LogP contribution >= 0.6 is 0 Å². The van der Waals surface area contributed by atoms with Crippen LogP contribution in [-0.4, -0.2) is 27.8 Å². The van der Waals surface area contributed by atoms with Crippen molar-refractivity contribution >= 4 is 17.6 Å². The summed E-state index contributed by atoms with van der Waals surface area (Å²) in [4.78, 5) is 34.6. The number of amides is 2. The maximum atomic E-state index is 13.0. The Balaban J connectivity index is 2.00. The van der Waals surface area contributed by atoms with E-state index in [1.807, 2.05) is 0 Å². The molecule has 1 unspecified atom stereocenters. The fourth-order valence-electron chi connectivity index (χ4n) is 3.66. The molecule has 6 nitrogen and oxygen atoms in total. The van der Waals surface area contributed by atoms with Crippen molar-refractivity contribution in [2.45, 2.75) is 51.5 Å². The van der Waals surface area contributed by atoms with Gasteiger partial charge in [0.2, 0.25) is 11.8 Å². The fourth-order valence-corrected chi connectivity index (χ4v) is 3.66. The molecule has 1 aromatic heterocycles. The van der Waals surface area contributed by atoms with Gasteiger partial charge in [0.25, 0.3) is 0 Å². The second kappa shape index (κ2) is 5.09. The van der Waals surface area contributed by atoms with E-state index in [2.05, 4.69) is 9.97 Å². The lowest BCUT2D eigenvalue weighted by Gasteiger charge is -2.31. The van der Waals surface area contributed by atoms with E-state index in [9.17, 15) is 9.59 Å². The molecule has 0 radical (unpaired) electrons. The number of aromatic nitrogens is 2. The van der Waals surface area contributed by atoms with E-state index in [-0.39, 0.29) is 5.91 Å². The number of hydrogen-bond donors (Lipinski definition) is 1. The third kappa shape index (κ3) is 2.28. The minimum atomic E-state index is -0.593. The highest BCUT2D eigenvalue weighted by molar-refractivity contribution is 6.06. The number of primary amides is 1. The van der Waals surface area contributed by atoms with E-state index in [1.165, 1.54) is 4.90 Å². The lowest BCUT2D eigenvalue weighted by atomic mass is 9.72. The first-order chi connectivity index (χ1) is 10.0. The Bertz CT molecular complexity index is 581. The lowest BCUT2D eigenvalue weighted by Crippen LogP contribution is -2.43. The van der Waals surface area contributed by atoms with Gasteiger partial charge in [-0.3, -0.25) is 14.5 Å². The number of hydrogen-bond acceptors (Lipinski definition) is 4. The van der Waals surface area contributed by atoms with E-state index < -0.39 is 17.4 Å². The van der Waals surface area contributed by atoms with Gasteiger partial charge < -0.3 is 5.73 Å². The maximum absolute atomic E-state index is 13.0. The maximum Gasteiger partial charge on any atom is 0.240 e. The largest absolute Gasteiger partial charge is 0.368 e. The number of rotatable bonds is 2. The van der Waals surface area contributed by atoms with Crippen LogP contribution in [0.4, 0.5) is 5.82 Å². The molecule has 0 bridgehead atoms. The normalized spacial score (nSPS) is 24.5. The van der Waals surface area contributed by atoms with E-state index >= 15 is 0 Å². The molecule has 1 spiro atoms. The molecular formula is C15H20N4O2. The van der Waals surface area contributed by atoms with Crippen LogP contribution in [0.1, 0.15) is 44.3 Å². The van der Waals surface area contributed by atoms with Gasteiger partial charge in [0.1, 0.15) is 17.7 Å². The summed E-state index contributed by atoms with van der Waals surface area (Å²) in [5, 5.41) is 0. The predicted molar refractivity (Wildman–Crippen MR) is 77.4 cm³/mol. The predicted octanol–water partition coefficient (Wildman–Crippen LogP) is 1.33. The summed E-state index contributed by atoms with van der Waals surface area (Å²) in [6, 6.07) is 1.08. The summed E-state index contributed by atoms with van der Waals surface area (Å²) >= 11 is 0. The van der Waals surface area contributed by atoms with E-state index in [1.54, 1.807) is 19.2 Å². The third-order valence-corrected chi connectivity index (χ3v) is 4.72. The standard InChI is InChI=1S/C15H20N4O2/c1-10-17-8-5-12(18-10)19-11(13(16)20)9-15(14(19)21)6-3-2-4-7-15/h5,8,11H,2-4,6-7,9H2,1H3,(H2,16,20). The highest BCUT2D eigenvalue weighted by Gasteiger charge is 2.54. The van der Waals surface area contributed by atoms with Crippen LogP contribution in [0.2, 0.25) is 0 Å². The van der Waals surface area contributed by atoms with Gasteiger partial charge in [0, 0.05) is 6.20 Å². The molecule has 3 rings (SSSR count). The molecule has 1 aromatic rings. The van der Waals surface area contributed by atoms with Crippen LogP contribution in [0.5, 0.6) is 0 Å². The summed E-state index contributed by atoms with van der Waals surface area (Å²) in [6.07, 6.45) is 7.04. The highest BCUT2D eigenvalue weighted by Crippen LogP contribution is 2.48. The van der Waals surface area contributed by atoms with Crippen LogP contribution in [0, 0.1) is 12.3 Å². The minimum absolute atomic E-state index is 0.00380. The van der Waals surface area contributed by atoms with E-state index in [0.29, 0.717) is 18.1 Å². The first-order valence-electron chi connectivity index (χ1n) is 7.46. The topological polar surface area (TPSA) is 89.2 Å². The van der Waals surface area contributed by atoms with Gasteiger partial charge in [0.05, 0.1) is 5.41 Å². The van der Waals surface area contributed by atoms with Crippen molar-refractivity contribution in [2.24, 2.45) is 11.1 Å². The summed E-state index contributed by atoms with van der Waals surface area (Å²) in [6.45, 7) is 1.76. The van der Waals surface area contributed by atoms with Crippen molar-refractivity contribution in [2.75, 3.05) is 4.90 Å². The molecule has 2 fully saturated rings. The van der Waals surface area contributed by atoms with Crippen molar-refractivity contribution in [1.82, 2.24) is 9.97 Å². The molecular weight excluding hydrogens is 268 g/mol. The minimum Gasteiger partial charge on any atom is -0.368 e. The first-order valence-corrected chi connectivity index (χ1v) is 7.46. The molecule has 2 N–H and O–H groups in total. The first kappa shape index (κ1) is 14.0. The molecule has 1 saturated heterocycles. The van der Waals surface area contributed by atoms with Gasteiger partial charge in [-0.15, -0.1) is 0 Å². The van der Waals surface area contributed by atoms with E-state index in [0.717, 1.165) is 32.1 Å². The van der Waals surface area contributed by atoms with Gasteiger partial charge in [0.15, 0.2) is 0 Å². The average molecular weight is 288 g/mol. The molecule has 1 atom stereocenters. The molecule has 112 valence electrons. The molecule has 6 heteroatoms. The Morgan fingerprint density at radius 3 is 2.71 bits per heavy atom. The molecule has 2 amide bonds. The number of carbonyl (C=O) groups excluding carboxylic acids is 2. The van der Waals surface area contributed by atoms with Gasteiger partial charge in [-0.25, -0.2) is 9.97 Å². The molecule has 2 heterocycles. The van der Waals surface area contributed by atoms with Crippen molar-refractivity contribution in [1.29, 1.82) is 0 Å². The van der Waals surface area contributed by atoms with Crippen molar-refractivity contribution in [3.63, 3.8) is 0 Å². The second-order valence-corrected chi connectivity index (χ2v) is 6.10. The zero-order valence-corrected chi connectivity index (χ0v) is 12.2.